The second kappa shape index (κ2) is 5.20. The van der Waals surface area contributed by atoms with Gasteiger partial charge < -0.3 is 4.90 Å². The van der Waals surface area contributed by atoms with Crippen molar-refractivity contribution in [3.8, 4) is 0 Å². The average Bonchev–Trinajstić information content (AvgIpc) is 2.77. The number of hydrogen-bond acceptors (Lipinski definition) is 5. The number of nitro benzene ring substituents is 1. The molecule has 1 heterocycles. The summed E-state index contributed by atoms with van der Waals surface area (Å²) >= 11 is 0. The third kappa shape index (κ3) is 2.96. The second-order valence-electron chi connectivity index (χ2n) is 4.78. The molecule has 0 N–H and O–H groups in total. The van der Waals surface area contributed by atoms with Gasteiger partial charge in [0.05, 0.1) is 16.4 Å². The van der Waals surface area contributed by atoms with Gasteiger partial charge in [-0.15, -0.1) is 0 Å². The van der Waals surface area contributed by atoms with Crippen LogP contribution in [0.15, 0.2) is 24.3 Å². The Balaban J connectivity index is 2.19. The van der Waals surface area contributed by atoms with Crippen molar-refractivity contribution in [1.29, 1.82) is 0 Å². The van der Waals surface area contributed by atoms with Crippen LogP contribution in [0.4, 0.5) is 5.69 Å². The molecule has 1 aromatic rings. The molecule has 1 atom stereocenters. The van der Waals surface area contributed by atoms with Crippen molar-refractivity contribution in [3.63, 3.8) is 0 Å². The molecule has 0 radical (unpaired) electrons. The monoisotopic (exact) mass is 298 g/mol. The third-order valence-electron chi connectivity index (χ3n) is 3.38. The predicted octanol–water partition coefficient (Wildman–Crippen LogP) is 0.854. The SMILES string of the molecule is CN(C(=O)c1cccc([N+](=O)[O-])c1)C1CCS(=O)(=O)C1. The average molecular weight is 298 g/mol. The molecule has 0 bridgehead atoms. The van der Waals surface area contributed by atoms with Gasteiger partial charge in [0.25, 0.3) is 11.6 Å². The van der Waals surface area contributed by atoms with Gasteiger partial charge in [-0.25, -0.2) is 8.42 Å². The smallest absolute Gasteiger partial charge is 0.270 e. The van der Waals surface area contributed by atoms with Gasteiger partial charge in [-0.3, -0.25) is 14.9 Å². The molecular weight excluding hydrogens is 284 g/mol. The topological polar surface area (TPSA) is 97.6 Å². The number of carbonyl (C=O) groups is 1. The van der Waals surface area contributed by atoms with Crippen LogP contribution >= 0.6 is 0 Å². The summed E-state index contributed by atoms with van der Waals surface area (Å²) in [5.41, 5.74) is 0.0225. The van der Waals surface area contributed by atoms with Crippen LogP contribution in [-0.2, 0) is 9.84 Å². The van der Waals surface area contributed by atoms with Crippen LogP contribution in [-0.4, -0.2) is 48.7 Å². The number of hydrogen-bond donors (Lipinski definition) is 0. The molecule has 1 aliphatic rings. The Labute approximate surface area is 116 Å². The fourth-order valence-corrected chi connectivity index (χ4v) is 3.98. The van der Waals surface area contributed by atoms with Crippen LogP contribution in [0, 0.1) is 10.1 Å². The molecule has 1 fully saturated rings. The molecule has 8 heteroatoms. The number of nitro groups is 1. The lowest BCUT2D eigenvalue weighted by molar-refractivity contribution is -0.384. The van der Waals surface area contributed by atoms with E-state index in [2.05, 4.69) is 0 Å². The summed E-state index contributed by atoms with van der Waals surface area (Å²) in [6.45, 7) is 0. The Morgan fingerprint density at radius 3 is 2.70 bits per heavy atom. The number of rotatable bonds is 3. The lowest BCUT2D eigenvalue weighted by Crippen LogP contribution is -2.37. The molecule has 0 saturated carbocycles. The van der Waals surface area contributed by atoms with E-state index < -0.39 is 20.7 Å². The number of non-ortho nitro benzene ring substituents is 1. The van der Waals surface area contributed by atoms with Crippen LogP contribution in [0.3, 0.4) is 0 Å². The van der Waals surface area contributed by atoms with E-state index in [9.17, 15) is 23.3 Å². The van der Waals surface area contributed by atoms with Crippen molar-refractivity contribution in [3.05, 3.63) is 39.9 Å². The van der Waals surface area contributed by atoms with Crippen LogP contribution < -0.4 is 0 Å². The summed E-state index contributed by atoms with van der Waals surface area (Å²) in [5.74, 6) is -0.384. The summed E-state index contributed by atoms with van der Waals surface area (Å²) in [4.78, 5) is 23.7. The van der Waals surface area contributed by atoms with Gasteiger partial charge in [-0.1, -0.05) is 6.07 Å². The van der Waals surface area contributed by atoms with Gasteiger partial charge in [0.15, 0.2) is 9.84 Å². The Kier molecular flexibility index (Phi) is 3.76. The maximum Gasteiger partial charge on any atom is 0.270 e. The number of sulfone groups is 1. The van der Waals surface area contributed by atoms with E-state index in [-0.39, 0.29) is 28.8 Å². The summed E-state index contributed by atoms with van der Waals surface area (Å²) in [6.07, 6.45) is 0.402. The molecule has 0 spiro atoms. The quantitative estimate of drug-likeness (QED) is 0.608. The fraction of sp³-hybridized carbons (Fsp3) is 0.417. The lowest BCUT2D eigenvalue weighted by atomic mass is 10.1. The number of benzene rings is 1. The standard InChI is InChI=1S/C12H14N2O5S/c1-13(11-5-6-20(18,19)8-11)12(15)9-3-2-4-10(7-9)14(16)17/h2-4,7,11H,5-6,8H2,1H3. The molecule has 1 saturated heterocycles. The molecule has 0 aromatic heterocycles. The Bertz CT molecular complexity index is 656. The first-order valence-corrected chi connectivity index (χ1v) is 7.84. The van der Waals surface area contributed by atoms with E-state index in [1.165, 1.54) is 36.2 Å². The van der Waals surface area contributed by atoms with Crippen molar-refractivity contribution in [2.75, 3.05) is 18.6 Å². The van der Waals surface area contributed by atoms with E-state index in [1.807, 2.05) is 0 Å². The van der Waals surface area contributed by atoms with Gasteiger partial charge in [0, 0.05) is 30.8 Å². The Morgan fingerprint density at radius 1 is 1.45 bits per heavy atom. The van der Waals surface area contributed by atoms with E-state index in [1.54, 1.807) is 0 Å². The van der Waals surface area contributed by atoms with Gasteiger partial charge in [-0.2, -0.15) is 0 Å². The third-order valence-corrected chi connectivity index (χ3v) is 5.13. The van der Waals surface area contributed by atoms with Gasteiger partial charge >= 0.3 is 0 Å². The molecule has 1 unspecified atom stereocenters. The van der Waals surface area contributed by atoms with E-state index in [0.29, 0.717) is 6.42 Å². The van der Waals surface area contributed by atoms with E-state index in [0.717, 1.165) is 0 Å². The zero-order valence-corrected chi connectivity index (χ0v) is 11.7. The maximum atomic E-state index is 12.2. The minimum absolute atomic E-state index is 0.0514. The highest BCUT2D eigenvalue weighted by atomic mass is 32.2. The largest absolute Gasteiger partial charge is 0.338 e. The van der Waals surface area contributed by atoms with Crippen LogP contribution in [0.25, 0.3) is 0 Å². The summed E-state index contributed by atoms with van der Waals surface area (Å²) < 4.78 is 22.8. The van der Waals surface area contributed by atoms with Crippen molar-refractivity contribution < 1.29 is 18.1 Å². The normalized spacial score (nSPS) is 20.6. The summed E-state index contributed by atoms with van der Waals surface area (Å²) in [7, 11) is -1.56. The molecule has 2 rings (SSSR count). The number of nitrogens with zero attached hydrogens (tertiary/aromatic N) is 2. The molecule has 20 heavy (non-hydrogen) atoms. The summed E-state index contributed by atoms with van der Waals surface area (Å²) in [5, 5.41) is 10.7. The molecule has 1 aromatic carbocycles. The maximum absolute atomic E-state index is 12.2. The van der Waals surface area contributed by atoms with Crippen molar-refractivity contribution >= 4 is 21.4 Å². The van der Waals surface area contributed by atoms with E-state index in [4.69, 9.17) is 0 Å². The van der Waals surface area contributed by atoms with Gasteiger partial charge in [0.1, 0.15) is 0 Å². The first kappa shape index (κ1) is 14.4. The van der Waals surface area contributed by atoms with E-state index >= 15 is 0 Å². The Hall–Kier alpha value is -1.96. The van der Waals surface area contributed by atoms with Gasteiger partial charge in [-0.05, 0) is 12.5 Å². The van der Waals surface area contributed by atoms with Crippen LogP contribution in [0.5, 0.6) is 0 Å². The molecule has 1 aliphatic heterocycles. The molecule has 7 nitrogen and oxygen atoms in total. The lowest BCUT2D eigenvalue weighted by Gasteiger charge is -2.23. The molecular formula is C12H14N2O5S. The first-order chi connectivity index (χ1) is 9.30. The van der Waals surface area contributed by atoms with Crippen LogP contribution in [0.1, 0.15) is 16.8 Å². The predicted molar refractivity (Wildman–Crippen MR) is 72.2 cm³/mol. The molecule has 108 valence electrons. The zero-order valence-electron chi connectivity index (χ0n) is 10.9. The van der Waals surface area contributed by atoms with Crippen molar-refractivity contribution in [1.82, 2.24) is 4.90 Å². The highest BCUT2D eigenvalue weighted by Gasteiger charge is 2.33. The van der Waals surface area contributed by atoms with Crippen molar-refractivity contribution in [2.24, 2.45) is 0 Å². The summed E-state index contributed by atoms with van der Waals surface area (Å²) in [6, 6.07) is 5.05. The minimum Gasteiger partial charge on any atom is -0.338 e. The van der Waals surface area contributed by atoms with Crippen molar-refractivity contribution in [2.45, 2.75) is 12.5 Å². The fourth-order valence-electron chi connectivity index (χ4n) is 2.20. The number of carbonyl (C=O) groups excluding carboxylic acids is 1. The number of amides is 1. The molecule has 0 aliphatic carbocycles. The van der Waals surface area contributed by atoms with Crippen LogP contribution in [0.2, 0.25) is 0 Å². The zero-order chi connectivity index (χ0) is 14.9. The molecule has 1 amide bonds. The highest BCUT2D eigenvalue weighted by Crippen LogP contribution is 2.20. The minimum atomic E-state index is -3.08. The highest BCUT2D eigenvalue weighted by molar-refractivity contribution is 7.91. The Morgan fingerprint density at radius 2 is 2.15 bits per heavy atom. The van der Waals surface area contributed by atoms with Gasteiger partial charge in [0.2, 0.25) is 0 Å². The first-order valence-electron chi connectivity index (χ1n) is 6.02. The second-order valence-corrected chi connectivity index (χ2v) is 7.01.